The van der Waals surface area contributed by atoms with Gasteiger partial charge in [-0.05, 0) is 48.5 Å². The van der Waals surface area contributed by atoms with E-state index in [0.717, 1.165) is 24.3 Å². The molecule has 0 unspecified atom stereocenters. The molecule has 0 aliphatic rings. The largest absolute Gasteiger partial charge is 0.416 e. The molecule has 0 atom stereocenters. The Kier molecular flexibility index (Phi) is 5.25. The van der Waals surface area contributed by atoms with Crippen molar-refractivity contribution in [1.29, 1.82) is 0 Å². The lowest BCUT2D eigenvalue weighted by Crippen LogP contribution is -2.12. The van der Waals surface area contributed by atoms with E-state index in [1.807, 2.05) is 0 Å². The number of amides is 1. The highest BCUT2D eigenvalue weighted by Crippen LogP contribution is 2.30. The molecule has 1 heterocycles. The van der Waals surface area contributed by atoms with Crippen LogP contribution in [0.2, 0.25) is 0 Å². The smallest absolute Gasteiger partial charge is 0.340 e. The van der Waals surface area contributed by atoms with E-state index in [1.54, 1.807) is 0 Å². The molecule has 2 N–H and O–H groups in total. The quantitative estimate of drug-likeness (QED) is 0.586. The van der Waals surface area contributed by atoms with Crippen molar-refractivity contribution in [1.82, 2.24) is 4.98 Å². The van der Waals surface area contributed by atoms with E-state index in [-0.39, 0.29) is 17.1 Å². The molecule has 144 valence electrons. The minimum absolute atomic E-state index is 0.0676. The average molecular weight is 393 g/mol. The molecule has 0 saturated heterocycles. The number of carbonyl (C=O) groups excluding carboxylic acids is 1. The van der Waals surface area contributed by atoms with E-state index in [1.165, 1.54) is 36.5 Å². The van der Waals surface area contributed by atoms with E-state index >= 15 is 0 Å². The number of rotatable bonds is 4. The van der Waals surface area contributed by atoms with E-state index in [0.29, 0.717) is 5.69 Å². The number of halogens is 5. The van der Waals surface area contributed by atoms with Gasteiger partial charge in [-0.3, -0.25) is 4.79 Å². The molecule has 0 aliphatic carbocycles. The van der Waals surface area contributed by atoms with Crippen LogP contribution < -0.4 is 10.6 Å². The van der Waals surface area contributed by atoms with Crippen molar-refractivity contribution in [3.05, 3.63) is 83.6 Å². The second-order valence-corrected chi connectivity index (χ2v) is 5.71. The third-order valence-corrected chi connectivity index (χ3v) is 3.68. The van der Waals surface area contributed by atoms with Crippen molar-refractivity contribution in [2.75, 3.05) is 10.6 Å². The van der Waals surface area contributed by atoms with Crippen LogP contribution in [-0.4, -0.2) is 10.9 Å². The molecule has 0 bridgehead atoms. The molecule has 9 heteroatoms. The lowest BCUT2D eigenvalue weighted by atomic mass is 10.2. The summed E-state index contributed by atoms with van der Waals surface area (Å²) in [5.74, 6) is -2.51. The number of hydrogen-bond acceptors (Lipinski definition) is 3. The highest BCUT2D eigenvalue weighted by molar-refractivity contribution is 6.04. The number of hydrogen-bond donors (Lipinski definition) is 2. The molecule has 1 aromatic heterocycles. The Morgan fingerprint density at radius 1 is 0.857 bits per heavy atom. The van der Waals surface area contributed by atoms with Crippen molar-refractivity contribution < 1.29 is 26.7 Å². The van der Waals surface area contributed by atoms with E-state index in [9.17, 15) is 26.7 Å². The van der Waals surface area contributed by atoms with Crippen LogP contribution in [0.4, 0.5) is 39.1 Å². The maximum Gasteiger partial charge on any atom is 0.416 e. The van der Waals surface area contributed by atoms with E-state index < -0.39 is 29.3 Å². The summed E-state index contributed by atoms with van der Waals surface area (Å²) in [6, 6.07) is 10.0. The lowest BCUT2D eigenvalue weighted by molar-refractivity contribution is -0.137. The van der Waals surface area contributed by atoms with Crippen molar-refractivity contribution in [2.45, 2.75) is 6.18 Å². The minimum atomic E-state index is -4.44. The summed E-state index contributed by atoms with van der Waals surface area (Å²) < 4.78 is 63.9. The van der Waals surface area contributed by atoms with Gasteiger partial charge in [-0.25, -0.2) is 13.8 Å². The van der Waals surface area contributed by atoms with Crippen LogP contribution in [-0.2, 0) is 6.18 Å². The maximum atomic E-state index is 13.2. The predicted octanol–water partition coefficient (Wildman–Crippen LogP) is 5.37. The van der Waals surface area contributed by atoms with Crippen LogP contribution >= 0.6 is 0 Å². The molecule has 3 aromatic rings. The van der Waals surface area contributed by atoms with Gasteiger partial charge in [-0.1, -0.05) is 0 Å². The molecule has 1 amide bonds. The van der Waals surface area contributed by atoms with Crippen LogP contribution in [0.1, 0.15) is 15.9 Å². The fourth-order valence-electron chi connectivity index (χ4n) is 2.31. The van der Waals surface area contributed by atoms with Gasteiger partial charge in [-0.15, -0.1) is 0 Å². The Bertz CT molecular complexity index is 1000. The monoisotopic (exact) mass is 393 g/mol. The van der Waals surface area contributed by atoms with Gasteiger partial charge in [0, 0.05) is 29.2 Å². The Balaban J connectivity index is 1.72. The fourth-order valence-corrected chi connectivity index (χ4v) is 2.31. The summed E-state index contributed by atoms with van der Waals surface area (Å²) >= 11 is 0. The molecule has 0 saturated carbocycles. The van der Waals surface area contributed by atoms with Gasteiger partial charge >= 0.3 is 6.18 Å². The second kappa shape index (κ2) is 7.63. The number of anilines is 3. The number of nitrogens with one attached hydrogen (secondary N) is 2. The SMILES string of the molecule is O=C(Nc1ccc(F)c(F)c1)c1ccnc(Nc2ccc(C(F)(F)F)cc2)c1. The molecular weight excluding hydrogens is 381 g/mol. The third kappa shape index (κ3) is 4.61. The molecule has 4 nitrogen and oxygen atoms in total. The van der Waals surface area contributed by atoms with Crippen molar-refractivity contribution in [3.8, 4) is 0 Å². The number of pyridine rings is 1. The zero-order valence-electron chi connectivity index (χ0n) is 14.0. The van der Waals surface area contributed by atoms with Crippen LogP contribution in [0.5, 0.6) is 0 Å². The first kappa shape index (κ1) is 19.3. The summed E-state index contributed by atoms with van der Waals surface area (Å²) in [7, 11) is 0. The first-order valence-corrected chi connectivity index (χ1v) is 7.89. The summed E-state index contributed by atoms with van der Waals surface area (Å²) in [6.07, 6.45) is -3.11. The highest BCUT2D eigenvalue weighted by Gasteiger charge is 2.29. The topological polar surface area (TPSA) is 54.0 Å². The summed E-state index contributed by atoms with van der Waals surface area (Å²) in [4.78, 5) is 16.3. The zero-order valence-corrected chi connectivity index (χ0v) is 14.0. The summed E-state index contributed by atoms with van der Waals surface area (Å²) in [5.41, 5.74) is -0.212. The van der Waals surface area contributed by atoms with Crippen LogP contribution in [0.3, 0.4) is 0 Å². The fraction of sp³-hybridized carbons (Fsp3) is 0.0526. The molecule has 3 rings (SSSR count). The van der Waals surface area contributed by atoms with Gasteiger partial charge in [0.15, 0.2) is 11.6 Å². The Hall–Kier alpha value is -3.49. The Labute approximate surface area is 156 Å². The molecular formula is C19H12F5N3O. The molecule has 0 aliphatic heterocycles. The first-order chi connectivity index (χ1) is 13.2. The normalized spacial score (nSPS) is 11.2. The molecule has 28 heavy (non-hydrogen) atoms. The number of nitrogens with zero attached hydrogens (tertiary/aromatic N) is 1. The van der Waals surface area contributed by atoms with Gasteiger partial charge in [0.1, 0.15) is 5.82 Å². The van der Waals surface area contributed by atoms with Gasteiger partial charge in [0.25, 0.3) is 5.91 Å². The average Bonchev–Trinajstić information content (AvgIpc) is 2.65. The van der Waals surface area contributed by atoms with E-state index in [2.05, 4.69) is 15.6 Å². The molecule has 0 fully saturated rings. The van der Waals surface area contributed by atoms with Gasteiger partial charge in [0.05, 0.1) is 5.56 Å². The standard InChI is InChI=1S/C19H12F5N3O/c20-15-6-5-14(10-16(15)21)27-18(28)11-7-8-25-17(9-11)26-13-3-1-12(2-4-13)19(22,23)24/h1-10H,(H,25,26)(H,27,28). The maximum absolute atomic E-state index is 13.2. The number of aromatic nitrogens is 1. The first-order valence-electron chi connectivity index (χ1n) is 7.89. The van der Waals surface area contributed by atoms with E-state index in [4.69, 9.17) is 0 Å². The van der Waals surface area contributed by atoms with Crippen LogP contribution in [0, 0.1) is 11.6 Å². The van der Waals surface area contributed by atoms with Crippen molar-refractivity contribution in [2.24, 2.45) is 0 Å². The van der Waals surface area contributed by atoms with Crippen molar-refractivity contribution in [3.63, 3.8) is 0 Å². The van der Waals surface area contributed by atoms with Gasteiger partial charge in [-0.2, -0.15) is 13.2 Å². The van der Waals surface area contributed by atoms with Crippen LogP contribution in [0.15, 0.2) is 60.8 Å². The second-order valence-electron chi connectivity index (χ2n) is 5.71. The lowest BCUT2D eigenvalue weighted by Gasteiger charge is -2.10. The minimum Gasteiger partial charge on any atom is -0.340 e. The Morgan fingerprint density at radius 2 is 1.54 bits per heavy atom. The number of carbonyl (C=O) groups is 1. The predicted molar refractivity (Wildman–Crippen MR) is 93.3 cm³/mol. The number of alkyl halides is 3. The van der Waals surface area contributed by atoms with Gasteiger partial charge in [0.2, 0.25) is 0 Å². The van der Waals surface area contributed by atoms with Crippen LogP contribution in [0.25, 0.3) is 0 Å². The zero-order chi connectivity index (χ0) is 20.3. The third-order valence-electron chi connectivity index (χ3n) is 3.68. The highest BCUT2D eigenvalue weighted by atomic mass is 19.4. The van der Waals surface area contributed by atoms with Gasteiger partial charge < -0.3 is 10.6 Å². The molecule has 0 radical (unpaired) electrons. The summed E-state index contributed by atoms with van der Waals surface area (Å²) in [5, 5.41) is 5.21. The summed E-state index contributed by atoms with van der Waals surface area (Å²) in [6.45, 7) is 0. The Morgan fingerprint density at radius 3 is 2.18 bits per heavy atom. The molecule has 2 aromatic carbocycles. The number of benzene rings is 2. The van der Waals surface area contributed by atoms with Crippen molar-refractivity contribution >= 4 is 23.1 Å². The molecule has 0 spiro atoms.